The van der Waals surface area contributed by atoms with Crippen LogP contribution in [0.1, 0.15) is 18.4 Å². The van der Waals surface area contributed by atoms with E-state index in [4.69, 9.17) is 0 Å². The lowest BCUT2D eigenvalue weighted by atomic mass is 10.0. The summed E-state index contributed by atoms with van der Waals surface area (Å²) in [5, 5.41) is 4.87. The Morgan fingerprint density at radius 2 is 2.04 bits per heavy atom. The Labute approximate surface area is 138 Å². The zero-order valence-electron chi connectivity index (χ0n) is 13.3. The van der Waals surface area contributed by atoms with Crippen molar-refractivity contribution in [3.63, 3.8) is 0 Å². The van der Waals surface area contributed by atoms with Crippen molar-refractivity contribution in [2.75, 3.05) is 5.32 Å². The molecule has 1 fully saturated rings. The van der Waals surface area contributed by atoms with Crippen LogP contribution in [0.2, 0.25) is 0 Å². The van der Waals surface area contributed by atoms with Gasteiger partial charge in [0.25, 0.3) is 0 Å². The van der Waals surface area contributed by atoms with E-state index in [2.05, 4.69) is 15.3 Å². The van der Waals surface area contributed by atoms with E-state index in [-0.39, 0.29) is 17.4 Å². The van der Waals surface area contributed by atoms with Crippen LogP contribution in [0.3, 0.4) is 0 Å². The fraction of sp³-hybridized carbons (Fsp3) is 0.211. The molecule has 1 aromatic carbocycles. The third-order valence-electron chi connectivity index (χ3n) is 4.36. The number of nitrogens with zero attached hydrogens (tertiary/aromatic N) is 1. The van der Waals surface area contributed by atoms with Gasteiger partial charge in [-0.3, -0.25) is 9.59 Å². The molecular formula is C19H17N3O2. The second-order valence-corrected chi connectivity index (χ2v) is 6.29. The average molecular weight is 319 g/mol. The van der Waals surface area contributed by atoms with Gasteiger partial charge in [0.05, 0.1) is 0 Å². The molecule has 120 valence electrons. The molecule has 0 unspecified atom stereocenters. The first-order chi connectivity index (χ1) is 11.6. The maximum absolute atomic E-state index is 11.8. The van der Waals surface area contributed by atoms with Gasteiger partial charge in [-0.25, -0.2) is 4.98 Å². The molecule has 1 aliphatic rings. The van der Waals surface area contributed by atoms with Crippen LogP contribution in [0, 0.1) is 12.8 Å². The number of nitrogens with one attached hydrogen (secondary N) is 2. The number of carbonyl (C=O) groups excluding carboxylic acids is 1. The number of aromatic amines is 1. The second kappa shape index (κ2) is 5.60. The molecule has 4 rings (SSSR count). The van der Waals surface area contributed by atoms with Gasteiger partial charge in [0, 0.05) is 35.3 Å². The molecule has 1 amide bonds. The molecule has 2 heterocycles. The summed E-state index contributed by atoms with van der Waals surface area (Å²) in [5.41, 5.74) is 2.84. The summed E-state index contributed by atoms with van der Waals surface area (Å²) in [4.78, 5) is 30.3. The lowest BCUT2D eigenvalue weighted by molar-refractivity contribution is -0.117. The summed E-state index contributed by atoms with van der Waals surface area (Å²) >= 11 is 0. The van der Waals surface area contributed by atoms with Crippen molar-refractivity contribution in [2.45, 2.75) is 19.8 Å². The Morgan fingerprint density at radius 1 is 1.21 bits per heavy atom. The van der Waals surface area contributed by atoms with E-state index in [1.807, 2.05) is 31.2 Å². The van der Waals surface area contributed by atoms with Crippen LogP contribution in [0.25, 0.3) is 21.9 Å². The average Bonchev–Trinajstić information content (AvgIpc) is 3.39. The minimum Gasteiger partial charge on any atom is -0.328 e. The topological polar surface area (TPSA) is 74.8 Å². The van der Waals surface area contributed by atoms with Gasteiger partial charge in [-0.05, 0) is 48.4 Å². The van der Waals surface area contributed by atoms with E-state index in [0.717, 1.165) is 40.3 Å². The maximum Gasteiger partial charge on any atom is 0.248 e. The third kappa shape index (κ3) is 2.80. The molecule has 0 spiro atoms. The zero-order valence-corrected chi connectivity index (χ0v) is 13.3. The predicted octanol–water partition coefficient (Wildman–Crippen LogP) is 3.25. The highest BCUT2D eigenvalue weighted by molar-refractivity contribution is 5.96. The summed E-state index contributed by atoms with van der Waals surface area (Å²) in [6.07, 6.45) is 5.45. The number of pyridine rings is 2. The Bertz CT molecular complexity index is 1000. The van der Waals surface area contributed by atoms with Crippen molar-refractivity contribution in [1.29, 1.82) is 0 Å². The van der Waals surface area contributed by atoms with Crippen molar-refractivity contribution < 1.29 is 4.79 Å². The largest absolute Gasteiger partial charge is 0.328 e. The van der Waals surface area contributed by atoms with E-state index < -0.39 is 0 Å². The number of aryl methyl sites for hydroxylation is 1. The molecule has 5 heteroatoms. The molecule has 2 aromatic heterocycles. The molecule has 0 saturated heterocycles. The van der Waals surface area contributed by atoms with Crippen molar-refractivity contribution in [3.8, 4) is 11.1 Å². The van der Waals surface area contributed by atoms with Crippen LogP contribution in [0.5, 0.6) is 0 Å². The quantitative estimate of drug-likeness (QED) is 0.778. The van der Waals surface area contributed by atoms with Gasteiger partial charge < -0.3 is 10.3 Å². The van der Waals surface area contributed by atoms with Crippen molar-refractivity contribution in [2.24, 2.45) is 5.92 Å². The number of carbonyl (C=O) groups is 1. The number of hydrogen-bond donors (Lipinski definition) is 2. The summed E-state index contributed by atoms with van der Waals surface area (Å²) < 4.78 is 0. The Morgan fingerprint density at radius 3 is 2.79 bits per heavy atom. The lowest BCUT2D eigenvalue weighted by Crippen LogP contribution is -2.14. The monoisotopic (exact) mass is 319 g/mol. The first-order valence-corrected chi connectivity index (χ1v) is 8.00. The molecular weight excluding hydrogens is 302 g/mol. The fourth-order valence-electron chi connectivity index (χ4n) is 2.84. The van der Waals surface area contributed by atoms with E-state index >= 15 is 0 Å². The van der Waals surface area contributed by atoms with E-state index in [9.17, 15) is 9.59 Å². The van der Waals surface area contributed by atoms with Gasteiger partial charge in [0.1, 0.15) is 5.82 Å². The highest BCUT2D eigenvalue weighted by Gasteiger charge is 2.29. The molecule has 0 aliphatic heterocycles. The number of amides is 1. The van der Waals surface area contributed by atoms with Crippen LogP contribution >= 0.6 is 0 Å². The fourth-order valence-corrected chi connectivity index (χ4v) is 2.84. The van der Waals surface area contributed by atoms with Gasteiger partial charge >= 0.3 is 0 Å². The summed E-state index contributed by atoms with van der Waals surface area (Å²) in [6.45, 7) is 1.92. The van der Waals surface area contributed by atoms with E-state index in [1.165, 1.54) is 0 Å². The minimum atomic E-state index is -0.102. The van der Waals surface area contributed by atoms with Crippen molar-refractivity contribution >= 4 is 22.5 Å². The van der Waals surface area contributed by atoms with E-state index in [0.29, 0.717) is 5.82 Å². The number of H-pyrrole nitrogens is 1. The first-order valence-electron chi connectivity index (χ1n) is 8.00. The Kier molecular flexibility index (Phi) is 3.41. The molecule has 2 N–H and O–H groups in total. The molecule has 1 saturated carbocycles. The Balaban J connectivity index is 1.68. The van der Waals surface area contributed by atoms with Crippen LogP contribution < -0.4 is 10.9 Å². The number of anilines is 1. The summed E-state index contributed by atoms with van der Waals surface area (Å²) in [6, 6.07) is 9.53. The first kappa shape index (κ1) is 14.6. The van der Waals surface area contributed by atoms with Crippen LogP contribution in [0.15, 0.2) is 47.5 Å². The standard InChI is InChI=1S/C19H17N3O2/c1-11-6-18(23)21-10-16(11)14-5-4-13-8-17(20-9-15(13)7-14)22-19(24)12-2-3-12/h4-10,12H,2-3H2,1H3,(H,21,23)(H,20,22,24). The molecule has 0 bridgehead atoms. The zero-order chi connectivity index (χ0) is 16.7. The van der Waals surface area contributed by atoms with Gasteiger partial charge in [0.15, 0.2) is 0 Å². The molecule has 1 aliphatic carbocycles. The number of fused-ring (bicyclic) bond motifs is 1. The van der Waals surface area contributed by atoms with Gasteiger partial charge in [-0.2, -0.15) is 0 Å². The predicted molar refractivity (Wildman–Crippen MR) is 93.9 cm³/mol. The number of benzene rings is 1. The van der Waals surface area contributed by atoms with Gasteiger partial charge in [-0.1, -0.05) is 12.1 Å². The summed E-state index contributed by atoms with van der Waals surface area (Å²) in [7, 11) is 0. The molecule has 0 atom stereocenters. The third-order valence-corrected chi connectivity index (χ3v) is 4.36. The second-order valence-electron chi connectivity index (χ2n) is 6.29. The maximum atomic E-state index is 11.8. The smallest absolute Gasteiger partial charge is 0.248 e. The van der Waals surface area contributed by atoms with Gasteiger partial charge in [-0.15, -0.1) is 0 Å². The normalized spacial score (nSPS) is 13.9. The highest BCUT2D eigenvalue weighted by atomic mass is 16.2. The minimum absolute atomic E-state index is 0.0577. The van der Waals surface area contributed by atoms with Gasteiger partial charge in [0.2, 0.25) is 11.5 Å². The van der Waals surface area contributed by atoms with Crippen molar-refractivity contribution in [1.82, 2.24) is 9.97 Å². The Hall–Kier alpha value is -2.95. The molecule has 0 radical (unpaired) electrons. The van der Waals surface area contributed by atoms with E-state index in [1.54, 1.807) is 18.5 Å². The summed E-state index contributed by atoms with van der Waals surface area (Å²) in [5.74, 6) is 0.808. The molecule has 5 nitrogen and oxygen atoms in total. The highest BCUT2D eigenvalue weighted by Crippen LogP contribution is 2.31. The van der Waals surface area contributed by atoms with Crippen LogP contribution in [0.4, 0.5) is 5.82 Å². The van der Waals surface area contributed by atoms with Crippen LogP contribution in [-0.4, -0.2) is 15.9 Å². The molecule has 24 heavy (non-hydrogen) atoms. The van der Waals surface area contributed by atoms with Crippen molar-refractivity contribution in [3.05, 3.63) is 58.6 Å². The van der Waals surface area contributed by atoms with Crippen LogP contribution in [-0.2, 0) is 4.79 Å². The lowest BCUT2D eigenvalue weighted by Gasteiger charge is -2.08. The molecule has 3 aromatic rings. The SMILES string of the molecule is Cc1cc(=O)[nH]cc1-c1ccc2cc(NC(=O)C3CC3)ncc2c1. The number of hydrogen-bond acceptors (Lipinski definition) is 3. The number of rotatable bonds is 3. The number of aromatic nitrogens is 2.